The molecular formula is C12H14NO. The summed E-state index contributed by atoms with van der Waals surface area (Å²) in [6, 6.07) is 10.1. The summed E-state index contributed by atoms with van der Waals surface area (Å²) in [5.74, 6) is 0.181. The lowest BCUT2D eigenvalue weighted by molar-refractivity contribution is -0.129. The van der Waals surface area contributed by atoms with E-state index in [0.29, 0.717) is 0 Å². The Morgan fingerprint density at radius 3 is 2.71 bits per heavy atom. The van der Waals surface area contributed by atoms with Crippen molar-refractivity contribution in [2.24, 2.45) is 0 Å². The van der Waals surface area contributed by atoms with Crippen LogP contribution in [0.1, 0.15) is 18.4 Å². The second-order valence-electron chi connectivity index (χ2n) is 3.59. The van der Waals surface area contributed by atoms with Crippen molar-refractivity contribution >= 4 is 5.91 Å². The molecule has 2 nitrogen and oxygen atoms in total. The van der Waals surface area contributed by atoms with Crippen molar-refractivity contribution in [3.8, 4) is 0 Å². The first-order valence-electron chi connectivity index (χ1n) is 5.02. The van der Waals surface area contributed by atoms with Crippen LogP contribution in [-0.4, -0.2) is 17.4 Å². The number of rotatable bonds is 2. The smallest absolute Gasteiger partial charge is 0.226 e. The van der Waals surface area contributed by atoms with Crippen molar-refractivity contribution in [3.05, 3.63) is 42.3 Å². The molecule has 2 heteroatoms. The SMILES string of the molecule is O=C1[CH]CCCN1Cc1ccccc1. The highest BCUT2D eigenvalue weighted by Gasteiger charge is 2.17. The second kappa shape index (κ2) is 4.27. The van der Waals surface area contributed by atoms with Crippen LogP contribution in [0.4, 0.5) is 0 Å². The van der Waals surface area contributed by atoms with Crippen LogP contribution in [0.3, 0.4) is 0 Å². The van der Waals surface area contributed by atoms with Crippen LogP contribution >= 0.6 is 0 Å². The lowest BCUT2D eigenvalue weighted by atomic mass is 10.1. The van der Waals surface area contributed by atoms with Gasteiger partial charge in [-0.05, 0) is 18.4 Å². The Morgan fingerprint density at radius 2 is 2.00 bits per heavy atom. The predicted molar refractivity (Wildman–Crippen MR) is 55.4 cm³/mol. The Bertz CT molecular complexity index is 307. The van der Waals surface area contributed by atoms with Crippen LogP contribution in [0.25, 0.3) is 0 Å². The van der Waals surface area contributed by atoms with Gasteiger partial charge in [-0.1, -0.05) is 30.3 Å². The molecule has 1 aromatic carbocycles. The molecule has 1 aliphatic rings. The van der Waals surface area contributed by atoms with E-state index in [0.717, 1.165) is 25.9 Å². The predicted octanol–water partition coefficient (Wildman–Crippen LogP) is 2.01. The van der Waals surface area contributed by atoms with E-state index in [-0.39, 0.29) is 5.91 Å². The summed E-state index contributed by atoms with van der Waals surface area (Å²) in [6.07, 6.45) is 3.81. The molecule has 0 atom stereocenters. The topological polar surface area (TPSA) is 20.3 Å². The minimum Gasteiger partial charge on any atom is -0.338 e. The van der Waals surface area contributed by atoms with E-state index in [1.54, 1.807) is 6.42 Å². The standard InChI is InChI=1S/C12H14NO/c14-12-8-4-5-9-13(12)10-11-6-2-1-3-7-11/h1-3,6-8H,4-5,9-10H2. The number of carbonyl (C=O) groups excluding carboxylic acids is 1. The summed E-state index contributed by atoms with van der Waals surface area (Å²) in [5.41, 5.74) is 1.20. The zero-order valence-electron chi connectivity index (χ0n) is 8.15. The number of hydrogen-bond acceptors (Lipinski definition) is 1. The maximum Gasteiger partial charge on any atom is 0.226 e. The van der Waals surface area contributed by atoms with Gasteiger partial charge in [-0.25, -0.2) is 0 Å². The van der Waals surface area contributed by atoms with Crippen LogP contribution in [0, 0.1) is 6.42 Å². The zero-order chi connectivity index (χ0) is 9.80. The number of nitrogens with zero attached hydrogens (tertiary/aromatic N) is 1. The molecule has 0 aromatic heterocycles. The molecule has 1 aromatic rings. The van der Waals surface area contributed by atoms with Crippen LogP contribution in [0.2, 0.25) is 0 Å². The van der Waals surface area contributed by atoms with Gasteiger partial charge in [0.2, 0.25) is 5.91 Å². The maximum absolute atomic E-state index is 11.5. The van der Waals surface area contributed by atoms with E-state index >= 15 is 0 Å². The fourth-order valence-electron chi connectivity index (χ4n) is 1.71. The van der Waals surface area contributed by atoms with Gasteiger partial charge in [0.15, 0.2) is 0 Å². The fourth-order valence-corrected chi connectivity index (χ4v) is 1.71. The van der Waals surface area contributed by atoms with Crippen LogP contribution in [0.5, 0.6) is 0 Å². The van der Waals surface area contributed by atoms with Gasteiger partial charge in [-0.3, -0.25) is 4.79 Å². The first-order valence-corrected chi connectivity index (χ1v) is 5.02. The van der Waals surface area contributed by atoms with Gasteiger partial charge in [0.25, 0.3) is 0 Å². The van der Waals surface area contributed by atoms with Gasteiger partial charge < -0.3 is 4.90 Å². The van der Waals surface area contributed by atoms with Gasteiger partial charge in [-0.15, -0.1) is 0 Å². The second-order valence-corrected chi connectivity index (χ2v) is 3.59. The Labute approximate surface area is 84.5 Å². The average molecular weight is 188 g/mol. The lowest BCUT2D eigenvalue weighted by Crippen LogP contribution is -2.34. The van der Waals surface area contributed by atoms with Crippen molar-refractivity contribution in [1.82, 2.24) is 4.90 Å². The van der Waals surface area contributed by atoms with E-state index < -0.39 is 0 Å². The quantitative estimate of drug-likeness (QED) is 0.695. The molecule has 2 rings (SSSR count). The number of amides is 1. The molecule has 0 N–H and O–H groups in total. The molecule has 0 bridgehead atoms. The first-order chi connectivity index (χ1) is 6.86. The number of carbonyl (C=O) groups is 1. The monoisotopic (exact) mass is 188 g/mol. The molecule has 1 aliphatic heterocycles. The van der Waals surface area contributed by atoms with Crippen molar-refractivity contribution < 1.29 is 4.79 Å². The minimum atomic E-state index is 0.181. The fraction of sp³-hybridized carbons (Fsp3) is 0.333. The number of piperidine rings is 1. The lowest BCUT2D eigenvalue weighted by Gasteiger charge is -2.26. The summed E-state index contributed by atoms with van der Waals surface area (Å²) in [5, 5.41) is 0. The molecule has 73 valence electrons. The van der Waals surface area contributed by atoms with Crippen LogP contribution in [-0.2, 0) is 11.3 Å². The van der Waals surface area contributed by atoms with E-state index in [2.05, 4.69) is 12.1 Å². The first kappa shape index (κ1) is 9.25. The molecule has 0 unspecified atom stereocenters. The van der Waals surface area contributed by atoms with E-state index in [4.69, 9.17) is 0 Å². The molecule has 1 fully saturated rings. The highest BCUT2D eigenvalue weighted by molar-refractivity contribution is 5.85. The van der Waals surface area contributed by atoms with E-state index in [9.17, 15) is 4.79 Å². The van der Waals surface area contributed by atoms with Crippen LogP contribution in [0.15, 0.2) is 30.3 Å². The van der Waals surface area contributed by atoms with Gasteiger partial charge in [-0.2, -0.15) is 0 Å². The summed E-state index contributed by atoms with van der Waals surface area (Å²) < 4.78 is 0. The molecule has 0 spiro atoms. The van der Waals surface area contributed by atoms with Crippen molar-refractivity contribution in [1.29, 1.82) is 0 Å². The van der Waals surface area contributed by atoms with E-state index in [1.807, 2.05) is 23.1 Å². The van der Waals surface area contributed by atoms with E-state index in [1.165, 1.54) is 5.56 Å². The van der Waals surface area contributed by atoms with Crippen molar-refractivity contribution in [2.45, 2.75) is 19.4 Å². The normalized spacial score (nSPS) is 17.1. The highest BCUT2D eigenvalue weighted by Crippen LogP contribution is 2.13. The van der Waals surface area contributed by atoms with Gasteiger partial charge >= 0.3 is 0 Å². The largest absolute Gasteiger partial charge is 0.338 e. The highest BCUT2D eigenvalue weighted by atomic mass is 16.2. The Hall–Kier alpha value is -1.31. The van der Waals surface area contributed by atoms with Gasteiger partial charge in [0.05, 0.1) is 0 Å². The summed E-state index contributed by atoms with van der Waals surface area (Å²) in [4.78, 5) is 13.4. The summed E-state index contributed by atoms with van der Waals surface area (Å²) in [7, 11) is 0. The molecule has 1 heterocycles. The third-order valence-corrected chi connectivity index (χ3v) is 2.48. The number of likely N-dealkylation sites (tertiary alicyclic amines) is 1. The number of benzene rings is 1. The summed E-state index contributed by atoms with van der Waals surface area (Å²) >= 11 is 0. The minimum absolute atomic E-state index is 0.181. The maximum atomic E-state index is 11.5. The molecule has 14 heavy (non-hydrogen) atoms. The van der Waals surface area contributed by atoms with Gasteiger partial charge in [0, 0.05) is 19.5 Å². The molecule has 1 amide bonds. The molecule has 0 aliphatic carbocycles. The molecule has 1 radical (unpaired) electrons. The van der Waals surface area contributed by atoms with Crippen molar-refractivity contribution in [3.63, 3.8) is 0 Å². The third-order valence-electron chi connectivity index (χ3n) is 2.48. The molecular weight excluding hydrogens is 174 g/mol. The Balaban J connectivity index is 2.00. The Kier molecular flexibility index (Phi) is 2.82. The van der Waals surface area contributed by atoms with Crippen LogP contribution < -0.4 is 0 Å². The van der Waals surface area contributed by atoms with Gasteiger partial charge in [0.1, 0.15) is 0 Å². The third kappa shape index (κ3) is 2.13. The van der Waals surface area contributed by atoms with Crippen molar-refractivity contribution in [2.75, 3.05) is 6.54 Å². The molecule has 1 saturated heterocycles. The Morgan fingerprint density at radius 1 is 1.21 bits per heavy atom. The summed E-state index contributed by atoms with van der Waals surface area (Å²) in [6.45, 7) is 1.64. The number of hydrogen-bond donors (Lipinski definition) is 0. The molecule has 0 saturated carbocycles. The zero-order valence-corrected chi connectivity index (χ0v) is 8.15. The average Bonchev–Trinajstić information content (AvgIpc) is 2.23.